The molecule has 0 spiro atoms. The number of hydrogen-bond donors (Lipinski definition) is 0. The second kappa shape index (κ2) is 8.04. The number of ether oxygens (including phenoxy) is 1. The van der Waals surface area contributed by atoms with E-state index in [0.29, 0.717) is 34.2 Å². The Kier molecular flexibility index (Phi) is 5.78. The fourth-order valence-corrected chi connectivity index (χ4v) is 4.11. The minimum atomic E-state index is -0.0449. The highest BCUT2D eigenvalue weighted by Crippen LogP contribution is 2.37. The van der Waals surface area contributed by atoms with Gasteiger partial charge >= 0.3 is 0 Å². The lowest BCUT2D eigenvalue weighted by atomic mass is 10.2. The van der Waals surface area contributed by atoms with E-state index in [4.69, 9.17) is 21.3 Å². The third-order valence-electron chi connectivity index (χ3n) is 3.97. The molecule has 3 aromatic rings. The van der Waals surface area contributed by atoms with E-state index in [0.717, 1.165) is 5.56 Å². The maximum absolute atomic E-state index is 12.9. The molecule has 0 saturated carbocycles. The number of halogens is 1. The van der Waals surface area contributed by atoms with Crippen molar-refractivity contribution in [3.8, 4) is 0 Å². The van der Waals surface area contributed by atoms with Crippen LogP contribution < -0.4 is 5.56 Å². The molecule has 6 heteroatoms. The van der Waals surface area contributed by atoms with E-state index in [9.17, 15) is 4.79 Å². The highest BCUT2D eigenvalue weighted by Gasteiger charge is 2.17. The molecule has 1 atom stereocenters. The van der Waals surface area contributed by atoms with Gasteiger partial charge in [-0.2, -0.15) is 0 Å². The first-order chi connectivity index (χ1) is 12.1. The summed E-state index contributed by atoms with van der Waals surface area (Å²) in [6, 6.07) is 15.2. The van der Waals surface area contributed by atoms with Gasteiger partial charge in [0.1, 0.15) is 0 Å². The lowest BCUT2D eigenvalue weighted by Gasteiger charge is -2.17. The van der Waals surface area contributed by atoms with Crippen LogP contribution in [0, 0.1) is 0 Å². The van der Waals surface area contributed by atoms with Crippen molar-refractivity contribution < 1.29 is 4.74 Å². The van der Waals surface area contributed by atoms with Gasteiger partial charge in [-0.1, -0.05) is 53.7 Å². The second-order valence-electron chi connectivity index (χ2n) is 5.64. The first-order valence-corrected chi connectivity index (χ1v) is 9.27. The Morgan fingerprint density at radius 2 is 1.92 bits per heavy atom. The third kappa shape index (κ3) is 3.89. The third-order valence-corrected chi connectivity index (χ3v) is 5.45. The first kappa shape index (κ1) is 18.0. The van der Waals surface area contributed by atoms with Gasteiger partial charge in [-0.25, -0.2) is 4.98 Å². The van der Waals surface area contributed by atoms with Crippen molar-refractivity contribution in [3.63, 3.8) is 0 Å². The number of fused-ring (bicyclic) bond motifs is 1. The molecule has 0 fully saturated rings. The number of para-hydroxylation sites is 1. The highest BCUT2D eigenvalue weighted by molar-refractivity contribution is 7.99. The van der Waals surface area contributed by atoms with E-state index in [1.165, 1.54) is 11.8 Å². The number of benzene rings is 2. The van der Waals surface area contributed by atoms with Crippen LogP contribution in [0.25, 0.3) is 10.9 Å². The first-order valence-electron chi connectivity index (χ1n) is 8.01. The summed E-state index contributed by atoms with van der Waals surface area (Å²) >= 11 is 7.84. The predicted octanol–water partition coefficient (Wildman–Crippen LogP) is 4.55. The molecule has 0 aliphatic rings. The Morgan fingerprint density at radius 3 is 2.68 bits per heavy atom. The van der Waals surface area contributed by atoms with E-state index in [1.807, 2.05) is 42.5 Å². The topological polar surface area (TPSA) is 44.1 Å². The molecule has 0 saturated heterocycles. The van der Waals surface area contributed by atoms with Crippen LogP contribution in [-0.2, 0) is 11.3 Å². The summed E-state index contributed by atoms with van der Waals surface area (Å²) in [4.78, 5) is 17.6. The minimum Gasteiger partial charge on any atom is -0.383 e. The van der Waals surface area contributed by atoms with E-state index in [1.54, 1.807) is 17.7 Å². The molecule has 0 bridgehead atoms. The number of nitrogens with zero attached hydrogens (tertiary/aromatic N) is 2. The van der Waals surface area contributed by atoms with E-state index >= 15 is 0 Å². The zero-order chi connectivity index (χ0) is 17.8. The van der Waals surface area contributed by atoms with Gasteiger partial charge in [0.2, 0.25) is 0 Å². The molecule has 1 aromatic heterocycles. The molecule has 25 heavy (non-hydrogen) atoms. The average molecular weight is 375 g/mol. The predicted molar refractivity (Wildman–Crippen MR) is 104 cm³/mol. The van der Waals surface area contributed by atoms with Crippen LogP contribution >= 0.6 is 23.4 Å². The molecule has 4 nitrogen and oxygen atoms in total. The van der Waals surface area contributed by atoms with Crippen LogP contribution in [0.4, 0.5) is 0 Å². The van der Waals surface area contributed by atoms with Crippen molar-refractivity contribution in [2.45, 2.75) is 23.9 Å². The van der Waals surface area contributed by atoms with E-state index < -0.39 is 0 Å². The van der Waals surface area contributed by atoms with Gasteiger partial charge in [0.15, 0.2) is 5.16 Å². The summed E-state index contributed by atoms with van der Waals surface area (Å²) in [6.45, 7) is 2.98. The molecule has 0 N–H and O–H groups in total. The standard InChI is InChI=1S/C19H19ClN2O2S/c1-13(14-7-3-5-9-16(14)20)25-19-21-17-10-6-4-8-15(17)18(23)22(19)11-12-24-2/h3-10,13H,11-12H2,1-2H3/t13-/m1/s1. The number of methoxy groups -OCH3 is 1. The molecular formula is C19H19ClN2O2S. The molecular weight excluding hydrogens is 356 g/mol. The summed E-state index contributed by atoms with van der Waals surface area (Å²) in [5.74, 6) is 0. The number of rotatable bonds is 6. The van der Waals surface area contributed by atoms with Crippen molar-refractivity contribution in [2.75, 3.05) is 13.7 Å². The maximum atomic E-state index is 12.9. The van der Waals surface area contributed by atoms with Crippen molar-refractivity contribution in [1.29, 1.82) is 0 Å². The highest BCUT2D eigenvalue weighted by atomic mass is 35.5. The second-order valence-corrected chi connectivity index (χ2v) is 7.36. The molecule has 0 amide bonds. The Hall–Kier alpha value is -1.82. The van der Waals surface area contributed by atoms with Gasteiger partial charge in [-0.15, -0.1) is 0 Å². The zero-order valence-electron chi connectivity index (χ0n) is 14.1. The lowest BCUT2D eigenvalue weighted by molar-refractivity contribution is 0.183. The molecule has 130 valence electrons. The Labute approximate surface area is 155 Å². The van der Waals surface area contributed by atoms with Crippen molar-refractivity contribution >= 4 is 34.3 Å². The summed E-state index contributed by atoms with van der Waals surface area (Å²) in [5, 5.41) is 2.08. The van der Waals surface area contributed by atoms with Crippen LogP contribution in [0.1, 0.15) is 17.7 Å². The summed E-state index contributed by atoms with van der Waals surface area (Å²) in [6.07, 6.45) is 0. The SMILES string of the molecule is COCCn1c(S[C@H](C)c2ccccc2Cl)nc2ccccc2c1=O. The van der Waals surface area contributed by atoms with Crippen LogP contribution in [0.15, 0.2) is 58.5 Å². The maximum Gasteiger partial charge on any atom is 0.262 e. The van der Waals surface area contributed by atoms with Gasteiger partial charge in [0.05, 0.1) is 24.1 Å². The van der Waals surface area contributed by atoms with Gasteiger partial charge in [0.25, 0.3) is 5.56 Å². The van der Waals surface area contributed by atoms with Crippen LogP contribution in [0.5, 0.6) is 0 Å². The van der Waals surface area contributed by atoms with Crippen LogP contribution in [0.3, 0.4) is 0 Å². The van der Waals surface area contributed by atoms with Crippen molar-refractivity contribution in [3.05, 3.63) is 69.5 Å². The monoisotopic (exact) mass is 374 g/mol. The molecule has 1 heterocycles. The minimum absolute atomic E-state index is 0.0449. The lowest BCUT2D eigenvalue weighted by Crippen LogP contribution is -2.25. The van der Waals surface area contributed by atoms with Gasteiger partial charge in [0, 0.05) is 17.4 Å². The van der Waals surface area contributed by atoms with Crippen LogP contribution in [0.2, 0.25) is 5.02 Å². The van der Waals surface area contributed by atoms with Gasteiger partial charge in [-0.3, -0.25) is 9.36 Å². The Balaban J connectivity index is 2.04. The number of aromatic nitrogens is 2. The van der Waals surface area contributed by atoms with Gasteiger partial charge < -0.3 is 4.74 Å². The zero-order valence-corrected chi connectivity index (χ0v) is 15.7. The average Bonchev–Trinajstić information content (AvgIpc) is 2.62. The van der Waals surface area contributed by atoms with Gasteiger partial charge in [-0.05, 0) is 30.7 Å². The Morgan fingerprint density at radius 1 is 1.20 bits per heavy atom. The fourth-order valence-electron chi connectivity index (χ4n) is 2.64. The summed E-state index contributed by atoms with van der Waals surface area (Å²) in [7, 11) is 1.62. The molecule has 2 aromatic carbocycles. The van der Waals surface area contributed by atoms with Crippen LogP contribution in [-0.4, -0.2) is 23.3 Å². The summed E-state index contributed by atoms with van der Waals surface area (Å²) < 4.78 is 6.84. The largest absolute Gasteiger partial charge is 0.383 e. The molecule has 0 aliphatic heterocycles. The molecule has 0 aliphatic carbocycles. The van der Waals surface area contributed by atoms with Crippen molar-refractivity contribution in [2.24, 2.45) is 0 Å². The van der Waals surface area contributed by atoms with E-state index in [-0.39, 0.29) is 10.8 Å². The quantitative estimate of drug-likeness (QED) is 0.469. The fraction of sp³-hybridized carbons (Fsp3) is 0.263. The molecule has 0 radical (unpaired) electrons. The summed E-state index contributed by atoms with van der Waals surface area (Å²) in [5.41, 5.74) is 1.68. The Bertz CT molecular complexity index is 942. The normalized spacial score (nSPS) is 12.4. The molecule has 0 unspecified atom stereocenters. The number of thioether (sulfide) groups is 1. The van der Waals surface area contributed by atoms with E-state index in [2.05, 4.69) is 6.92 Å². The van der Waals surface area contributed by atoms with Crippen molar-refractivity contribution in [1.82, 2.24) is 9.55 Å². The smallest absolute Gasteiger partial charge is 0.262 e. The molecule has 3 rings (SSSR count). The number of hydrogen-bond acceptors (Lipinski definition) is 4.